The number of aliphatic hydroxyl groups is 3. The lowest BCUT2D eigenvalue weighted by molar-refractivity contribution is -0.193. The van der Waals surface area contributed by atoms with E-state index in [2.05, 4.69) is 0 Å². The Morgan fingerprint density at radius 1 is 0.941 bits per heavy atom. The summed E-state index contributed by atoms with van der Waals surface area (Å²) in [7, 11) is 0. The molecule has 98 valence electrons. The minimum atomic E-state index is -0.638. The van der Waals surface area contributed by atoms with Crippen molar-refractivity contribution in [1.82, 2.24) is 0 Å². The van der Waals surface area contributed by atoms with Crippen molar-refractivity contribution in [2.24, 2.45) is 17.8 Å². The molecule has 3 rings (SSSR count). The molecule has 0 spiro atoms. The minimum absolute atomic E-state index is 0.0185. The Bertz CT molecular complexity index is 293. The van der Waals surface area contributed by atoms with Gasteiger partial charge in [-0.3, -0.25) is 0 Å². The van der Waals surface area contributed by atoms with Crippen LogP contribution in [0.5, 0.6) is 0 Å². The largest absolute Gasteiger partial charge is 0.393 e. The molecule has 0 radical (unpaired) electrons. The van der Waals surface area contributed by atoms with Gasteiger partial charge in [-0.1, -0.05) is 6.42 Å². The normalized spacial score (nSPS) is 54.9. The van der Waals surface area contributed by atoms with Gasteiger partial charge in [0, 0.05) is 5.92 Å². The number of hydrogen-bond acceptors (Lipinski definition) is 3. The van der Waals surface area contributed by atoms with Gasteiger partial charge in [0.25, 0.3) is 0 Å². The fraction of sp³-hybridized carbons (Fsp3) is 1.00. The minimum Gasteiger partial charge on any atom is -0.393 e. The topological polar surface area (TPSA) is 60.7 Å². The van der Waals surface area contributed by atoms with Gasteiger partial charge in [0.1, 0.15) is 0 Å². The van der Waals surface area contributed by atoms with Crippen molar-refractivity contribution in [3.8, 4) is 0 Å². The lowest BCUT2D eigenvalue weighted by Crippen LogP contribution is -2.59. The van der Waals surface area contributed by atoms with Crippen LogP contribution in [0.1, 0.15) is 51.4 Å². The van der Waals surface area contributed by atoms with Crippen molar-refractivity contribution in [3.63, 3.8) is 0 Å². The van der Waals surface area contributed by atoms with E-state index in [9.17, 15) is 15.3 Å². The molecule has 3 aliphatic carbocycles. The van der Waals surface area contributed by atoms with Gasteiger partial charge < -0.3 is 15.3 Å². The van der Waals surface area contributed by atoms with Gasteiger partial charge in [0.05, 0.1) is 17.8 Å². The Hall–Kier alpha value is -0.120. The van der Waals surface area contributed by atoms with Crippen LogP contribution in [-0.4, -0.2) is 33.1 Å². The zero-order chi connectivity index (χ0) is 12.0. The van der Waals surface area contributed by atoms with Crippen LogP contribution in [0.4, 0.5) is 0 Å². The highest BCUT2D eigenvalue weighted by molar-refractivity contribution is 5.05. The SMILES string of the molecule is O[C@H]1CC[C@@H]2CC[C@H](O)[C@@H]3[C@@H](CCC[C@]23O)C1. The maximum Gasteiger partial charge on any atom is 0.0731 e. The molecule has 3 nitrogen and oxygen atoms in total. The van der Waals surface area contributed by atoms with Gasteiger partial charge in [-0.15, -0.1) is 0 Å². The predicted octanol–water partition coefficient (Wildman–Crippen LogP) is 1.45. The summed E-state index contributed by atoms with van der Waals surface area (Å²) in [6.07, 6.45) is 6.67. The van der Waals surface area contributed by atoms with Crippen LogP contribution in [0.25, 0.3) is 0 Å². The molecule has 0 aliphatic heterocycles. The van der Waals surface area contributed by atoms with E-state index in [-0.39, 0.29) is 18.1 Å². The Labute approximate surface area is 103 Å². The first-order valence-corrected chi connectivity index (χ1v) is 7.20. The molecule has 0 amide bonds. The molecule has 0 aromatic carbocycles. The molecule has 0 aromatic rings. The third kappa shape index (κ3) is 1.83. The molecule has 3 fully saturated rings. The van der Waals surface area contributed by atoms with Gasteiger partial charge in [-0.25, -0.2) is 0 Å². The molecule has 17 heavy (non-hydrogen) atoms. The number of hydrogen-bond donors (Lipinski definition) is 3. The number of rotatable bonds is 0. The molecular weight excluding hydrogens is 216 g/mol. The molecule has 3 aliphatic rings. The van der Waals surface area contributed by atoms with E-state index in [0.29, 0.717) is 11.8 Å². The summed E-state index contributed by atoms with van der Waals surface area (Å²) in [6.45, 7) is 0. The number of aliphatic hydroxyl groups excluding tert-OH is 2. The van der Waals surface area contributed by atoms with E-state index in [1.54, 1.807) is 0 Å². The summed E-state index contributed by atoms with van der Waals surface area (Å²) in [5.41, 5.74) is -0.638. The molecule has 6 atom stereocenters. The van der Waals surface area contributed by atoms with Crippen molar-refractivity contribution in [2.45, 2.75) is 69.2 Å². The van der Waals surface area contributed by atoms with Crippen LogP contribution in [0.15, 0.2) is 0 Å². The first kappa shape index (κ1) is 11.9. The average molecular weight is 240 g/mol. The second-order valence-electron chi connectivity index (χ2n) is 6.48. The highest BCUT2D eigenvalue weighted by atomic mass is 16.3. The Balaban J connectivity index is 1.95. The molecule has 0 saturated heterocycles. The summed E-state index contributed by atoms with van der Waals surface area (Å²) in [5.74, 6) is 0.639. The van der Waals surface area contributed by atoms with E-state index in [1.165, 1.54) is 0 Å². The van der Waals surface area contributed by atoms with Crippen LogP contribution in [-0.2, 0) is 0 Å². The van der Waals surface area contributed by atoms with Crippen molar-refractivity contribution in [1.29, 1.82) is 0 Å². The average Bonchev–Trinajstić information content (AvgIpc) is 2.27. The molecule has 0 aromatic heterocycles. The lowest BCUT2D eigenvalue weighted by atomic mass is 9.54. The Morgan fingerprint density at radius 2 is 1.71 bits per heavy atom. The summed E-state index contributed by atoms with van der Waals surface area (Å²) in [4.78, 5) is 0. The first-order valence-electron chi connectivity index (χ1n) is 7.20. The zero-order valence-electron chi connectivity index (χ0n) is 10.4. The highest BCUT2D eigenvalue weighted by Crippen LogP contribution is 2.53. The van der Waals surface area contributed by atoms with Gasteiger partial charge in [0.2, 0.25) is 0 Å². The van der Waals surface area contributed by atoms with Crippen LogP contribution in [0.3, 0.4) is 0 Å². The Kier molecular flexibility index (Phi) is 2.96. The van der Waals surface area contributed by atoms with Crippen molar-refractivity contribution in [2.75, 3.05) is 0 Å². The standard InChI is InChI=1S/C14H24O3/c15-11-5-3-10-4-6-12(16)13-9(8-11)2-1-7-14(10,13)17/h9-13,15-17H,1-8H2/t9-,10+,11-,12-,13-,14-/m0/s1. The molecule has 3 heteroatoms. The van der Waals surface area contributed by atoms with Gasteiger partial charge >= 0.3 is 0 Å². The molecule has 3 saturated carbocycles. The first-order chi connectivity index (χ1) is 8.11. The second kappa shape index (κ2) is 4.22. The molecule has 0 heterocycles. The van der Waals surface area contributed by atoms with E-state index in [0.717, 1.165) is 51.4 Å². The quantitative estimate of drug-likeness (QED) is 0.600. The maximum atomic E-state index is 11.0. The highest BCUT2D eigenvalue weighted by Gasteiger charge is 2.55. The molecule has 3 N–H and O–H groups in total. The zero-order valence-corrected chi connectivity index (χ0v) is 10.4. The molecule has 0 unspecified atom stereocenters. The van der Waals surface area contributed by atoms with Crippen molar-refractivity contribution >= 4 is 0 Å². The van der Waals surface area contributed by atoms with Crippen LogP contribution >= 0.6 is 0 Å². The van der Waals surface area contributed by atoms with Crippen LogP contribution in [0.2, 0.25) is 0 Å². The van der Waals surface area contributed by atoms with E-state index >= 15 is 0 Å². The Morgan fingerprint density at radius 3 is 2.53 bits per heavy atom. The second-order valence-corrected chi connectivity index (χ2v) is 6.48. The van der Waals surface area contributed by atoms with E-state index < -0.39 is 5.60 Å². The molecular formula is C14H24O3. The predicted molar refractivity (Wildman–Crippen MR) is 64.4 cm³/mol. The maximum absolute atomic E-state index is 11.0. The van der Waals surface area contributed by atoms with Gasteiger partial charge in [0.15, 0.2) is 0 Å². The monoisotopic (exact) mass is 240 g/mol. The molecule has 4 bridgehead atoms. The summed E-state index contributed by atoms with van der Waals surface area (Å²) in [5, 5.41) is 31.2. The fourth-order valence-electron chi connectivity index (χ4n) is 4.85. The van der Waals surface area contributed by atoms with Gasteiger partial charge in [-0.05, 0) is 56.8 Å². The van der Waals surface area contributed by atoms with Crippen LogP contribution < -0.4 is 0 Å². The van der Waals surface area contributed by atoms with Crippen LogP contribution in [0, 0.1) is 17.8 Å². The lowest BCUT2D eigenvalue weighted by Gasteiger charge is -2.55. The van der Waals surface area contributed by atoms with Gasteiger partial charge in [-0.2, -0.15) is 0 Å². The van der Waals surface area contributed by atoms with E-state index in [4.69, 9.17) is 0 Å². The van der Waals surface area contributed by atoms with Crippen molar-refractivity contribution in [3.05, 3.63) is 0 Å². The summed E-state index contributed by atoms with van der Waals surface area (Å²) >= 11 is 0. The summed E-state index contributed by atoms with van der Waals surface area (Å²) in [6, 6.07) is 0. The van der Waals surface area contributed by atoms with E-state index in [1.807, 2.05) is 0 Å². The third-order valence-corrected chi connectivity index (χ3v) is 5.59. The van der Waals surface area contributed by atoms with Crippen molar-refractivity contribution < 1.29 is 15.3 Å². The fourth-order valence-corrected chi connectivity index (χ4v) is 4.85. The summed E-state index contributed by atoms with van der Waals surface area (Å²) < 4.78 is 0. The smallest absolute Gasteiger partial charge is 0.0731 e. The third-order valence-electron chi connectivity index (χ3n) is 5.59.